The molecule has 3 nitrogen and oxygen atoms in total. The first-order chi connectivity index (χ1) is 11.2. The molecule has 0 radical (unpaired) electrons. The number of allylic oxidation sites excluding steroid dienone is 1. The summed E-state index contributed by atoms with van der Waals surface area (Å²) in [5.74, 6) is 0.364. The van der Waals surface area contributed by atoms with Crippen molar-refractivity contribution >= 4 is 5.78 Å². The molecule has 1 saturated heterocycles. The maximum atomic E-state index is 12.8. The van der Waals surface area contributed by atoms with Crippen LogP contribution in [-0.4, -0.2) is 18.4 Å². The molecule has 0 aromatic heterocycles. The lowest BCUT2D eigenvalue weighted by atomic mass is 9.72. The van der Waals surface area contributed by atoms with Crippen molar-refractivity contribution in [2.75, 3.05) is 6.61 Å². The predicted octanol–water partition coefficient (Wildman–Crippen LogP) is 5.23. The molecule has 0 aliphatic carbocycles. The van der Waals surface area contributed by atoms with Gasteiger partial charge in [-0.3, -0.25) is 4.79 Å². The molecule has 0 aromatic carbocycles. The van der Waals surface area contributed by atoms with E-state index in [1.165, 1.54) is 6.26 Å². The minimum Gasteiger partial charge on any atom is -0.501 e. The summed E-state index contributed by atoms with van der Waals surface area (Å²) in [5, 5.41) is 3.48. The Balaban J connectivity index is 2.68. The van der Waals surface area contributed by atoms with Crippen molar-refractivity contribution in [3.05, 3.63) is 25.1 Å². The molecule has 24 heavy (non-hydrogen) atoms. The number of ketones is 1. The number of carbonyl (C=O) groups is 1. The first-order valence-corrected chi connectivity index (χ1v) is 9.41. The second kappa shape index (κ2) is 8.73. The number of hydrogen-bond donors (Lipinski definition) is 1. The Morgan fingerprint density at radius 1 is 1.50 bits per heavy atom. The summed E-state index contributed by atoms with van der Waals surface area (Å²) in [6, 6.07) is 0.198. The number of hydrogen-bond acceptors (Lipinski definition) is 3. The zero-order valence-corrected chi connectivity index (χ0v) is 16.4. The van der Waals surface area contributed by atoms with Crippen LogP contribution in [0.1, 0.15) is 73.1 Å². The van der Waals surface area contributed by atoms with Gasteiger partial charge in [0.05, 0.1) is 12.9 Å². The summed E-state index contributed by atoms with van der Waals surface area (Å²) < 4.78 is 5.44. The summed E-state index contributed by atoms with van der Waals surface area (Å²) in [6.45, 7) is 19.3. The van der Waals surface area contributed by atoms with E-state index in [1.54, 1.807) is 0 Å². The Hall–Kier alpha value is -1.25. The number of carbonyl (C=O) groups excluding carboxylic acids is 1. The normalized spacial score (nSPS) is 27.2. The molecule has 1 heterocycles. The standard InChI is InChI=1S/C21H37NO2/c1-8-12-20(6,15-24-10-3)13-11-18(23)17(5)19-21(7,9-2)14-16(4)22-19/h10,17,19,22H,3-4,8-9,11-15H2,1-2,5-7H3/t17?,19?,20-,21-/m0/s1. The van der Waals surface area contributed by atoms with Gasteiger partial charge < -0.3 is 10.1 Å². The summed E-state index contributed by atoms with van der Waals surface area (Å²) in [4.78, 5) is 12.8. The lowest BCUT2D eigenvalue weighted by Gasteiger charge is -2.34. The van der Waals surface area contributed by atoms with Crippen LogP contribution in [0.2, 0.25) is 0 Å². The summed E-state index contributed by atoms with van der Waals surface area (Å²) in [7, 11) is 0. The maximum absolute atomic E-state index is 12.8. The molecule has 1 aliphatic rings. The molecule has 3 heteroatoms. The summed E-state index contributed by atoms with van der Waals surface area (Å²) in [5.41, 5.74) is 1.24. The van der Waals surface area contributed by atoms with Gasteiger partial charge in [0.2, 0.25) is 0 Å². The van der Waals surface area contributed by atoms with Crippen molar-refractivity contribution in [3.8, 4) is 0 Å². The lowest BCUT2D eigenvalue weighted by Crippen LogP contribution is -2.43. The molecule has 0 amide bonds. The second-order valence-electron chi connectivity index (χ2n) is 8.20. The van der Waals surface area contributed by atoms with Crippen LogP contribution >= 0.6 is 0 Å². The largest absolute Gasteiger partial charge is 0.501 e. The molecular weight excluding hydrogens is 298 g/mol. The van der Waals surface area contributed by atoms with Gasteiger partial charge in [-0.25, -0.2) is 0 Å². The van der Waals surface area contributed by atoms with Gasteiger partial charge in [0, 0.05) is 29.5 Å². The fourth-order valence-corrected chi connectivity index (χ4v) is 4.09. The van der Waals surface area contributed by atoms with Crippen LogP contribution in [0.3, 0.4) is 0 Å². The molecule has 0 aromatic rings. The van der Waals surface area contributed by atoms with Gasteiger partial charge in [-0.2, -0.15) is 0 Å². The van der Waals surface area contributed by atoms with Crippen molar-refractivity contribution < 1.29 is 9.53 Å². The van der Waals surface area contributed by atoms with E-state index in [4.69, 9.17) is 4.74 Å². The van der Waals surface area contributed by atoms with Gasteiger partial charge in [-0.1, -0.05) is 54.2 Å². The van der Waals surface area contributed by atoms with Crippen molar-refractivity contribution in [1.29, 1.82) is 0 Å². The fourth-order valence-electron chi connectivity index (χ4n) is 4.09. The Bertz CT molecular complexity index is 459. The molecular formula is C21H37NO2. The molecule has 1 rings (SSSR count). The topological polar surface area (TPSA) is 38.3 Å². The van der Waals surface area contributed by atoms with Gasteiger partial charge in [-0.15, -0.1) is 0 Å². The molecule has 1 N–H and O–H groups in total. The van der Waals surface area contributed by atoms with Gasteiger partial charge in [-0.05, 0) is 31.1 Å². The van der Waals surface area contributed by atoms with E-state index < -0.39 is 0 Å². The molecule has 1 aliphatic heterocycles. The van der Waals surface area contributed by atoms with Crippen molar-refractivity contribution in [2.45, 2.75) is 79.2 Å². The highest BCUT2D eigenvalue weighted by Crippen LogP contribution is 2.42. The Morgan fingerprint density at radius 3 is 2.71 bits per heavy atom. The van der Waals surface area contributed by atoms with Crippen molar-refractivity contribution in [1.82, 2.24) is 5.32 Å². The van der Waals surface area contributed by atoms with Gasteiger partial charge in [0.1, 0.15) is 5.78 Å². The SMILES string of the molecule is C=COC[C@@](C)(CCC)CCC(=O)C(C)C1NC(=C)C[C@]1(C)CC. The first-order valence-electron chi connectivity index (χ1n) is 9.41. The number of Topliss-reactive ketones (excluding diaryl/α,β-unsaturated/α-hetero) is 1. The minimum absolute atomic E-state index is 0.0143. The van der Waals surface area contributed by atoms with E-state index in [2.05, 4.69) is 53.1 Å². The van der Waals surface area contributed by atoms with Crippen LogP contribution in [0.5, 0.6) is 0 Å². The molecule has 138 valence electrons. The van der Waals surface area contributed by atoms with Crippen LogP contribution in [0.4, 0.5) is 0 Å². The second-order valence-corrected chi connectivity index (χ2v) is 8.20. The average Bonchev–Trinajstić information content (AvgIpc) is 2.85. The highest BCUT2D eigenvalue weighted by Gasteiger charge is 2.43. The highest BCUT2D eigenvalue weighted by atomic mass is 16.5. The average molecular weight is 336 g/mol. The molecule has 0 spiro atoms. The van der Waals surface area contributed by atoms with Crippen LogP contribution < -0.4 is 5.32 Å². The number of rotatable bonds is 11. The summed E-state index contributed by atoms with van der Waals surface area (Å²) in [6.07, 6.45) is 7.16. The zero-order valence-electron chi connectivity index (χ0n) is 16.4. The predicted molar refractivity (Wildman–Crippen MR) is 102 cm³/mol. The van der Waals surface area contributed by atoms with Gasteiger partial charge in [0.15, 0.2) is 0 Å². The third-order valence-corrected chi connectivity index (χ3v) is 5.92. The zero-order chi connectivity index (χ0) is 18.4. The monoisotopic (exact) mass is 335 g/mol. The third kappa shape index (κ3) is 5.12. The maximum Gasteiger partial charge on any atom is 0.137 e. The molecule has 0 saturated carbocycles. The minimum atomic E-state index is 0.0143. The number of nitrogens with one attached hydrogen (secondary N) is 1. The Labute approximate surface area is 148 Å². The van der Waals surface area contributed by atoms with E-state index in [0.29, 0.717) is 18.8 Å². The summed E-state index contributed by atoms with van der Waals surface area (Å²) >= 11 is 0. The van der Waals surface area contributed by atoms with Crippen LogP contribution in [0.25, 0.3) is 0 Å². The van der Waals surface area contributed by atoms with E-state index in [1.807, 2.05) is 0 Å². The quantitative estimate of drug-likeness (QED) is 0.525. The van der Waals surface area contributed by atoms with Crippen LogP contribution in [0.15, 0.2) is 25.1 Å². The van der Waals surface area contributed by atoms with Crippen LogP contribution in [0, 0.1) is 16.7 Å². The van der Waals surface area contributed by atoms with E-state index in [9.17, 15) is 4.79 Å². The van der Waals surface area contributed by atoms with Crippen molar-refractivity contribution in [3.63, 3.8) is 0 Å². The lowest BCUT2D eigenvalue weighted by molar-refractivity contribution is -0.124. The van der Waals surface area contributed by atoms with Gasteiger partial charge in [0.25, 0.3) is 0 Å². The van der Waals surface area contributed by atoms with Gasteiger partial charge >= 0.3 is 0 Å². The fraction of sp³-hybridized carbons (Fsp3) is 0.762. The smallest absolute Gasteiger partial charge is 0.137 e. The molecule has 0 bridgehead atoms. The van der Waals surface area contributed by atoms with E-state index in [-0.39, 0.29) is 22.8 Å². The van der Waals surface area contributed by atoms with Crippen molar-refractivity contribution in [2.24, 2.45) is 16.7 Å². The Morgan fingerprint density at radius 2 is 2.17 bits per heavy atom. The van der Waals surface area contributed by atoms with E-state index in [0.717, 1.165) is 37.8 Å². The third-order valence-electron chi connectivity index (χ3n) is 5.92. The van der Waals surface area contributed by atoms with Crippen LogP contribution in [-0.2, 0) is 9.53 Å². The molecule has 2 unspecified atom stereocenters. The number of ether oxygens (including phenoxy) is 1. The van der Waals surface area contributed by atoms with E-state index >= 15 is 0 Å². The molecule has 4 atom stereocenters. The Kier molecular flexibility index (Phi) is 7.56. The molecule has 1 fully saturated rings. The first kappa shape index (κ1) is 20.8. The highest BCUT2D eigenvalue weighted by molar-refractivity contribution is 5.81.